The molecule has 0 aromatic heterocycles. The quantitative estimate of drug-likeness (QED) is 0.867. The summed E-state index contributed by atoms with van der Waals surface area (Å²) in [5.41, 5.74) is 4.84. The second-order valence-corrected chi connectivity index (χ2v) is 4.60. The Balaban J connectivity index is 3.20. The van der Waals surface area contributed by atoms with E-state index in [-0.39, 0.29) is 6.04 Å². The Bertz CT molecular complexity index is 461. The fourth-order valence-corrected chi connectivity index (χ4v) is 2.43. The van der Waals surface area contributed by atoms with Crippen LogP contribution in [0.25, 0.3) is 0 Å². The largest absolute Gasteiger partial charge is 0.496 e. The summed E-state index contributed by atoms with van der Waals surface area (Å²) < 4.78 is 5.43. The van der Waals surface area contributed by atoms with Crippen LogP contribution in [0.15, 0.2) is 6.07 Å². The van der Waals surface area contributed by atoms with Gasteiger partial charge in [-0.1, -0.05) is 6.07 Å². The fraction of sp³-hybridized carbons (Fsp3) is 0.533. The molecule has 1 atom stereocenters. The van der Waals surface area contributed by atoms with E-state index in [1.165, 1.54) is 16.7 Å². The van der Waals surface area contributed by atoms with E-state index in [1.807, 2.05) is 7.05 Å². The van der Waals surface area contributed by atoms with Crippen LogP contribution in [0.1, 0.15) is 41.1 Å². The minimum Gasteiger partial charge on any atom is -0.496 e. The standard InChI is InChI=1S/C15H22N2O/c1-10-9-13(14(17-4)7-6-8-16)11(2)12(3)15(10)18-5/h9,14,17H,6-7H2,1-5H3. The van der Waals surface area contributed by atoms with E-state index in [0.29, 0.717) is 6.42 Å². The van der Waals surface area contributed by atoms with Gasteiger partial charge in [-0.25, -0.2) is 0 Å². The van der Waals surface area contributed by atoms with E-state index < -0.39 is 0 Å². The number of hydrogen-bond donors (Lipinski definition) is 1. The average molecular weight is 246 g/mol. The first kappa shape index (κ1) is 14.5. The lowest BCUT2D eigenvalue weighted by atomic mass is 9.92. The molecule has 1 rings (SSSR count). The molecule has 98 valence electrons. The summed E-state index contributed by atoms with van der Waals surface area (Å²) in [6.45, 7) is 6.26. The van der Waals surface area contributed by atoms with Crippen molar-refractivity contribution in [1.82, 2.24) is 5.32 Å². The molecular weight excluding hydrogens is 224 g/mol. The van der Waals surface area contributed by atoms with Gasteiger partial charge in [0.25, 0.3) is 0 Å². The van der Waals surface area contributed by atoms with Gasteiger partial charge >= 0.3 is 0 Å². The molecule has 1 unspecified atom stereocenters. The van der Waals surface area contributed by atoms with Crippen LogP contribution in [-0.4, -0.2) is 14.2 Å². The zero-order valence-corrected chi connectivity index (χ0v) is 11.9. The lowest BCUT2D eigenvalue weighted by Gasteiger charge is -2.22. The van der Waals surface area contributed by atoms with Crippen molar-refractivity contribution in [2.45, 2.75) is 39.7 Å². The molecule has 0 fully saturated rings. The molecule has 0 saturated carbocycles. The van der Waals surface area contributed by atoms with Gasteiger partial charge in [0.05, 0.1) is 13.2 Å². The van der Waals surface area contributed by atoms with Crippen LogP contribution in [0.5, 0.6) is 5.75 Å². The van der Waals surface area contributed by atoms with E-state index in [2.05, 4.69) is 38.2 Å². The molecule has 0 aliphatic heterocycles. The van der Waals surface area contributed by atoms with E-state index in [1.54, 1.807) is 7.11 Å². The van der Waals surface area contributed by atoms with Gasteiger partial charge in [-0.2, -0.15) is 5.26 Å². The lowest BCUT2D eigenvalue weighted by Crippen LogP contribution is -2.18. The number of aryl methyl sites for hydroxylation is 1. The van der Waals surface area contributed by atoms with Gasteiger partial charge in [-0.3, -0.25) is 0 Å². The number of rotatable bonds is 5. The van der Waals surface area contributed by atoms with Crippen LogP contribution in [0.4, 0.5) is 0 Å². The summed E-state index contributed by atoms with van der Waals surface area (Å²) in [4.78, 5) is 0. The molecule has 0 aliphatic rings. The third kappa shape index (κ3) is 2.83. The summed E-state index contributed by atoms with van der Waals surface area (Å²) >= 11 is 0. The summed E-state index contributed by atoms with van der Waals surface area (Å²) in [5.74, 6) is 0.964. The monoisotopic (exact) mass is 246 g/mol. The SMILES string of the molecule is CNC(CCC#N)c1cc(C)c(OC)c(C)c1C. The molecule has 0 spiro atoms. The highest BCUT2D eigenvalue weighted by molar-refractivity contribution is 5.50. The first-order valence-electron chi connectivity index (χ1n) is 6.25. The summed E-state index contributed by atoms with van der Waals surface area (Å²) in [6, 6.07) is 4.60. The molecule has 0 saturated heterocycles. The Morgan fingerprint density at radius 2 is 2.00 bits per heavy atom. The van der Waals surface area contributed by atoms with Crippen molar-refractivity contribution >= 4 is 0 Å². The number of nitrogens with zero attached hydrogens (tertiary/aromatic N) is 1. The number of ether oxygens (including phenoxy) is 1. The van der Waals surface area contributed by atoms with Crippen molar-refractivity contribution in [2.24, 2.45) is 0 Å². The Morgan fingerprint density at radius 1 is 1.33 bits per heavy atom. The van der Waals surface area contributed by atoms with Crippen LogP contribution in [0.2, 0.25) is 0 Å². The highest BCUT2D eigenvalue weighted by Gasteiger charge is 2.16. The maximum atomic E-state index is 8.72. The van der Waals surface area contributed by atoms with Crippen LogP contribution < -0.4 is 10.1 Å². The molecule has 0 heterocycles. The third-order valence-electron chi connectivity index (χ3n) is 3.54. The lowest BCUT2D eigenvalue weighted by molar-refractivity contribution is 0.407. The first-order chi connectivity index (χ1) is 8.56. The van der Waals surface area contributed by atoms with E-state index in [4.69, 9.17) is 10.00 Å². The van der Waals surface area contributed by atoms with E-state index in [9.17, 15) is 0 Å². The van der Waals surface area contributed by atoms with Crippen molar-refractivity contribution in [3.05, 3.63) is 28.3 Å². The van der Waals surface area contributed by atoms with Crippen molar-refractivity contribution in [3.8, 4) is 11.8 Å². The van der Waals surface area contributed by atoms with Gasteiger partial charge in [0.1, 0.15) is 5.75 Å². The van der Waals surface area contributed by atoms with Gasteiger partial charge in [0, 0.05) is 12.5 Å². The molecule has 0 bridgehead atoms. The zero-order chi connectivity index (χ0) is 13.7. The number of nitriles is 1. The normalized spacial score (nSPS) is 12.0. The number of methoxy groups -OCH3 is 1. The van der Waals surface area contributed by atoms with Gasteiger partial charge < -0.3 is 10.1 Å². The summed E-state index contributed by atoms with van der Waals surface area (Å²) in [6.07, 6.45) is 1.40. The zero-order valence-electron chi connectivity index (χ0n) is 11.9. The molecular formula is C15H22N2O. The fourth-order valence-electron chi connectivity index (χ4n) is 2.43. The predicted octanol–water partition coefficient (Wildman–Crippen LogP) is 3.18. The Hall–Kier alpha value is -1.53. The number of hydrogen-bond acceptors (Lipinski definition) is 3. The van der Waals surface area contributed by atoms with Crippen LogP contribution in [0.3, 0.4) is 0 Å². The van der Waals surface area contributed by atoms with Crippen molar-refractivity contribution in [3.63, 3.8) is 0 Å². The second-order valence-electron chi connectivity index (χ2n) is 4.60. The van der Waals surface area contributed by atoms with Gasteiger partial charge in [-0.15, -0.1) is 0 Å². The molecule has 1 aromatic carbocycles. The number of nitrogens with one attached hydrogen (secondary N) is 1. The maximum absolute atomic E-state index is 8.72. The Labute approximate surface area is 110 Å². The summed E-state index contributed by atoms with van der Waals surface area (Å²) in [5, 5.41) is 12.0. The molecule has 3 heteroatoms. The van der Waals surface area contributed by atoms with Crippen LogP contribution in [-0.2, 0) is 0 Å². The summed E-state index contributed by atoms with van der Waals surface area (Å²) in [7, 11) is 3.65. The highest BCUT2D eigenvalue weighted by Crippen LogP contribution is 2.32. The molecule has 0 radical (unpaired) electrons. The van der Waals surface area contributed by atoms with Crippen molar-refractivity contribution in [1.29, 1.82) is 5.26 Å². The van der Waals surface area contributed by atoms with Gasteiger partial charge in [-0.05, 0) is 56.5 Å². The van der Waals surface area contributed by atoms with E-state index in [0.717, 1.165) is 17.7 Å². The van der Waals surface area contributed by atoms with Gasteiger partial charge in [0.15, 0.2) is 0 Å². The molecule has 3 nitrogen and oxygen atoms in total. The van der Waals surface area contributed by atoms with Crippen LogP contribution >= 0.6 is 0 Å². The number of benzene rings is 1. The van der Waals surface area contributed by atoms with Crippen molar-refractivity contribution in [2.75, 3.05) is 14.2 Å². The smallest absolute Gasteiger partial charge is 0.124 e. The maximum Gasteiger partial charge on any atom is 0.124 e. The van der Waals surface area contributed by atoms with Gasteiger partial charge in [0.2, 0.25) is 0 Å². The topological polar surface area (TPSA) is 45.0 Å². The minimum absolute atomic E-state index is 0.230. The molecule has 0 amide bonds. The average Bonchev–Trinajstić information content (AvgIpc) is 2.36. The predicted molar refractivity (Wildman–Crippen MR) is 73.9 cm³/mol. The molecule has 0 aliphatic carbocycles. The van der Waals surface area contributed by atoms with Crippen LogP contribution in [0, 0.1) is 32.1 Å². The van der Waals surface area contributed by atoms with E-state index >= 15 is 0 Å². The Morgan fingerprint density at radius 3 is 2.50 bits per heavy atom. The highest BCUT2D eigenvalue weighted by atomic mass is 16.5. The molecule has 1 N–H and O–H groups in total. The second kappa shape index (κ2) is 6.42. The van der Waals surface area contributed by atoms with Crippen molar-refractivity contribution < 1.29 is 4.74 Å². The minimum atomic E-state index is 0.230. The molecule has 1 aromatic rings. The third-order valence-corrected chi connectivity index (χ3v) is 3.54. The Kier molecular flexibility index (Phi) is 5.18. The molecule has 18 heavy (non-hydrogen) atoms. The first-order valence-corrected chi connectivity index (χ1v) is 6.25.